The highest BCUT2D eigenvalue weighted by molar-refractivity contribution is 5.86. The van der Waals surface area contributed by atoms with Crippen LogP contribution in [0.4, 0.5) is 5.82 Å². The average molecular weight is 327 g/mol. The molecule has 1 saturated heterocycles. The van der Waals surface area contributed by atoms with Crippen LogP contribution in [-0.2, 0) is 18.3 Å². The van der Waals surface area contributed by atoms with E-state index in [2.05, 4.69) is 38.1 Å². The molecular formula is C16H21N7O. The van der Waals surface area contributed by atoms with Crippen LogP contribution in [0.1, 0.15) is 11.4 Å². The molecule has 0 amide bonds. The Morgan fingerprint density at radius 1 is 1.29 bits per heavy atom. The highest BCUT2D eigenvalue weighted by atomic mass is 16.5. The van der Waals surface area contributed by atoms with Crippen LogP contribution < -0.4 is 4.90 Å². The predicted molar refractivity (Wildman–Crippen MR) is 90.0 cm³/mol. The summed E-state index contributed by atoms with van der Waals surface area (Å²) in [5, 5.41) is 9.81. The lowest BCUT2D eigenvalue weighted by Gasteiger charge is -2.34. The molecule has 0 aliphatic carbocycles. The van der Waals surface area contributed by atoms with Crippen molar-refractivity contribution in [1.82, 2.24) is 29.5 Å². The Hall–Kier alpha value is -2.48. The van der Waals surface area contributed by atoms with Crippen molar-refractivity contribution in [2.75, 3.05) is 24.6 Å². The van der Waals surface area contributed by atoms with Gasteiger partial charge in [0.15, 0.2) is 5.65 Å². The number of aromatic nitrogens is 6. The molecule has 3 aromatic rings. The fourth-order valence-electron chi connectivity index (χ4n) is 3.28. The molecule has 1 aliphatic heterocycles. The van der Waals surface area contributed by atoms with Gasteiger partial charge >= 0.3 is 0 Å². The van der Waals surface area contributed by atoms with Gasteiger partial charge in [0.1, 0.15) is 12.1 Å². The summed E-state index contributed by atoms with van der Waals surface area (Å²) in [5.41, 5.74) is 3.04. The van der Waals surface area contributed by atoms with E-state index in [-0.39, 0.29) is 6.10 Å². The van der Waals surface area contributed by atoms with Crippen LogP contribution in [0.3, 0.4) is 0 Å². The van der Waals surface area contributed by atoms with Gasteiger partial charge in [-0.15, -0.1) is 0 Å². The summed E-state index contributed by atoms with van der Waals surface area (Å²) in [4.78, 5) is 11.1. The van der Waals surface area contributed by atoms with Crippen LogP contribution in [0.15, 0.2) is 18.6 Å². The second kappa shape index (κ2) is 5.86. The quantitative estimate of drug-likeness (QED) is 0.717. The van der Waals surface area contributed by atoms with Gasteiger partial charge in [0.25, 0.3) is 0 Å². The van der Waals surface area contributed by atoms with E-state index in [9.17, 15) is 0 Å². The number of aryl methyl sites for hydroxylation is 3. The summed E-state index contributed by atoms with van der Waals surface area (Å²) in [6.45, 7) is 7.10. The van der Waals surface area contributed by atoms with E-state index in [1.807, 2.05) is 24.9 Å². The molecule has 0 saturated carbocycles. The van der Waals surface area contributed by atoms with Crippen molar-refractivity contribution in [3.05, 3.63) is 30.0 Å². The van der Waals surface area contributed by atoms with Gasteiger partial charge in [-0.3, -0.25) is 9.36 Å². The number of rotatable bonds is 3. The lowest BCUT2D eigenvalue weighted by Crippen LogP contribution is -2.45. The van der Waals surface area contributed by atoms with Crippen LogP contribution in [0.25, 0.3) is 11.0 Å². The molecule has 8 heteroatoms. The van der Waals surface area contributed by atoms with Crippen molar-refractivity contribution in [2.45, 2.75) is 26.5 Å². The molecular weight excluding hydrogens is 306 g/mol. The second-order valence-corrected chi connectivity index (χ2v) is 6.25. The first-order valence-electron chi connectivity index (χ1n) is 8.12. The Morgan fingerprint density at radius 2 is 2.17 bits per heavy atom. The van der Waals surface area contributed by atoms with Gasteiger partial charge < -0.3 is 9.64 Å². The molecule has 0 unspecified atom stereocenters. The Balaban J connectivity index is 1.57. The Morgan fingerprint density at radius 3 is 2.96 bits per heavy atom. The molecule has 1 aliphatic rings. The predicted octanol–water partition coefficient (Wildman–Crippen LogP) is 1.08. The van der Waals surface area contributed by atoms with Crippen molar-refractivity contribution < 1.29 is 4.74 Å². The molecule has 0 bridgehead atoms. The Bertz CT molecular complexity index is 869. The number of nitrogens with zero attached hydrogens (tertiary/aromatic N) is 7. The maximum Gasteiger partial charge on any atom is 0.163 e. The van der Waals surface area contributed by atoms with E-state index in [4.69, 9.17) is 4.74 Å². The molecule has 4 rings (SSSR count). The zero-order chi connectivity index (χ0) is 16.7. The van der Waals surface area contributed by atoms with E-state index in [0.717, 1.165) is 47.9 Å². The second-order valence-electron chi connectivity index (χ2n) is 6.25. The number of hydrogen-bond acceptors (Lipinski definition) is 6. The van der Waals surface area contributed by atoms with Gasteiger partial charge in [0.05, 0.1) is 36.5 Å². The third-order valence-electron chi connectivity index (χ3n) is 4.43. The van der Waals surface area contributed by atoms with Gasteiger partial charge in [-0.2, -0.15) is 10.2 Å². The van der Waals surface area contributed by atoms with E-state index in [1.165, 1.54) is 0 Å². The van der Waals surface area contributed by atoms with Crippen molar-refractivity contribution in [2.24, 2.45) is 7.05 Å². The standard InChI is InChI=1S/C16H21N7O/c1-11-6-12(2)23(20-11)9-13-8-22(4-5-24-13)16-14-7-19-21(3)15(14)17-10-18-16/h6-7,10,13H,4-5,8-9H2,1-3H3/t13-/m0/s1. The van der Waals surface area contributed by atoms with Gasteiger partial charge in [-0.25, -0.2) is 9.97 Å². The minimum absolute atomic E-state index is 0.0819. The SMILES string of the molecule is Cc1cc(C)n(C[C@@H]2CN(c3ncnc4c3cnn4C)CCO2)n1. The fourth-order valence-corrected chi connectivity index (χ4v) is 3.28. The van der Waals surface area contributed by atoms with Crippen molar-refractivity contribution in [3.8, 4) is 0 Å². The number of anilines is 1. The summed E-state index contributed by atoms with van der Waals surface area (Å²) >= 11 is 0. The van der Waals surface area contributed by atoms with E-state index >= 15 is 0 Å². The monoisotopic (exact) mass is 327 g/mol. The summed E-state index contributed by atoms with van der Waals surface area (Å²) in [5.74, 6) is 0.926. The molecule has 0 N–H and O–H groups in total. The van der Waals surface area contributed by atoms with Gasteiger partial charge in [0, 0.05) is 25.8 Å². The first-order valence-corrected chi connectivity index (χ1v) is 8.12. The maximum atomic E-state index is 5.95. The Kier molecular flexibility index (Phi) is 3.68. The van der Waals surface area contributed by atoms with Crippen LogP contribution in [0.5, 0.6) is 0 Å². The molecule has 0 radical (unpaired) electrons. The maximum absolute atomic E-state index is 5.95. The van der Waals surface area contributed by atoms with Gasteiger partial charge in [-0.1, -0.05) is 0 Å². The van der Waals surface area contributed by atoms with Crippen molar-refractivity contribution in [3.63, 3.8) is 0 Å². The summed E-state index contributed by atoms with van der Waals surface area (Å²) in [6.07, 6.45) is 3.51. The van der Waals surface area contributed by atoms with Crippen molar-refractivity contribution >= 4 is 16.9 Å². The number of fused-ring (bicyclic) bond motifs is 1. The highest BCUT2D eigenvalue weighted by Crippen LogP contribution is 2.24. The first kappa shape index (κ1) is 15.1. The van der Waals surface area contributed by atoms with E-state index in [0.29, 0.717) is 6.61 Å². The van der Waals surface area contributed by atoms with E-state index < -0.39 is 0 Å². The molecule has 1 atom stereocenters. The normalized spacial score (nSPS) is 18.5. The molecule has 0 aromatic carbocycles. The summed E-state index contributed by atoms with van der Waals surface area (Å²) in [7, 11) is 1.89. The van der Waals surface area contributed by atoms with Crippen molar-refractivity contribution in [1.29, 1.82) is 0 Å². The zero-order valence-corrected chi connectivity index (χ0v) is 14.2. The third kappa shape index (κ3) is 2.62. The van der Waals surface area contributed by atoms with Crippen LogP contribution in [-0.4, -0.2) is 55.3 Å². The summed E-state index contributed by atoms with van der Waals surface area (Å²) in [6, 6.07) is 2.09. The zero-order valence-electron chi connectivity index (χ0n) is 14.2. The molecule has 126 valence electrons. The topological polar surface area (TPSA) is 73.9 Å². The first-order chi connectivity index (χ1) is 11.6. The number of morpholine rings is 1. The van der Waals surface area contributed by atoms with Crippen LogP contribution in [0.2, 0.25) is 0 Å². The summed E-state index contributed by atoms with van der Waals surface area (Å²) < 4.78 is 9.74. The minimum Gasteiger partial charge on any atom is -0.373 e. The number of ether oxygens (including phenoxy) is 1. The average Bonchev–Trinajstić information content (AvgIpc) is 3.10. The molecule has 0 spiro atoms. The minimum atomic E-state index is 0.0819. The Labute approximate surface area is 140 Å². The molecule has 8 nitrogen and oxygen atoms in total. The molecule has 1 fully saturated rings. The lowest BCUT2D eigenvalue weighted by atomic mass is 10.2. The smallest absolute Gasteiger partial charge is 0.163 e. The molecule has 24 heavy (non-hydrogen) atoms. The third-order valence-corrected chi connectivity index (χ3v) is 4.43. The van der Waals surface area contributed by atoms with E-state index in [1.54, 1.807) is 11.0 Å². The molecule has 3 aromatic heterocycles. The molecule has 4 heterocycles. The van der Waals surface area contributed by atoms with Gasteiger partial charge in [0.2, 0.25) is 0 Å². The van der Waals surface area contributed by atoms with Gasteiger partial charge in [-0.05, 0) is 19.9 Å². The number of hydrogen-bond donors (Lipinski definition) is 0. The van der Waals surface area contributed by atoms with Crippen LogP contribution >= 0.6 is 0 Å². The lowest BCUT2D eigenvalue weighted by molar-refractivity contribution is 0.0268. The fraction of sp³-hybridized carbons (Fsp3) is 0.500. The largest absolute Gasteiger partial charge is 0.373 e. The highest BCUT2D eigenvalue weighted by Gasteiger charge is 2.24. The van der Waals surface area contributed by atoms with Crippen LogP contribution in [0, 0.1) is 13.8 Å².